The van der Waals surface area contributed by atoms with Crippen LogP contribution in [0.4, 0.5) is 11.4 Å². The topological polar surface area (TPSA) is 116 Å². The van der Waals surface area contributed by atoms with Gasteiger partial charge >= 0.3 is 0 Å². The molecule has 0 aliphatic rings. The lowest BCUT2D eigenvalue weighted by Crippen LogP contribution is -2.24. The molecule has 0 amide bonds. The summed E-state index contributed by atoms with van der Waals surface area (Å²) in [6, 6.07) is 4.47. The van der Waals surface area contributed by atoms with E-state index in [9.17, 15) is 14.9 Å². The van der Waals surface area contributed by atoms with Crippen molar-refractivity contribution < 1.29 is 4.92 Å². The largest absolute Gasteiger partial charge is 0.318 e. The Balaban J connectivity index is 2.39. The van der Waals surface area contributed by atoms with Gasteiger partial charge in [0.05, 0.1) is 27.1 Å². The van der Waals surface area contributed by atoms with E-state index in [1.165, 1.54) is 23.0 Å². The fourth-order valence-electron chi connectivity index (χ4n) is 1.81. The summed E-state index contributed by atoms with van der Waals surface area (Å²) in [5.74, 6) is 5.29. The SMILES string of the molecule is Cc1ncn(Cc2ccc([N+](=O)[O-])c(NN)c2)c(=O)c1I. The predicted octanol–water partition coefficient (Wildman–Crippen LogP) is 1.40. The lowest BCUT2D eigenvalue weighted by molar-refractivity contribution is -0.384. The van der Waals surface area contributed by atoms with E-state index >= 15 is 0 Å². The van der Waals surface area contributed by atoms with Crippen LogP contribution in [0.15, 0.2) is 29.3 Å². The van der Waals surface area contributed by atoms with Gasteiger partial charge in [0.25, 0.3) is 11.2 Å². The van der Waals surface area contributed by atoms with Crippen LogP contribution in [0.25, 0.3) is 0 Å². The Morgan fingerprint density at radius 2 is 2.24 bits per heavy atom. The molecule has 0 saturated carbocycles. The first-order chi connectivity index (χ1) is 9.93. The smallest absolute Gasteiger partial charge is 0.293 e. The monoisotopic (exact) mass is 401 g/mol. The van der Waals surface area contributed by atoms with E-state index in [0.717, 1.165) is 0 Å². The molecule has 0 unspecified atom stereocenters. The van der Waals surface area contributed by atoms with Crippen LogP contribution >= 0.6 is 22.6 Å². The Labute approximate surface area is 133 Å². The molecule has 0 aliphatic carbocycles. The molecule has 0 atom stereocenters. The second-order valence-corrected chi connectivity index (χ2v) is 5.41. The normalized spacial score (nSPS) is 10.4. The maximum Gasteiger partial charge on any atom is 0.293 e. The van der Waals surface area contributed by atoms with Gasteiger partial charge < -0.3 is 5.43 Å². The number of benzene rings is 1. The van der Waals surface area contributed by atoms with Crippen molar-refractivity contribution in [2.75, 3.05) is 5.43 Å². The Hall–Kier alpha value is -2.01. The van der Waals surface area contributed by atoms with Crippen molar-refractivity contribution in [1.82, 2.24) is 9.55 Å². The second-order valence-electron chi connectivity index (χ2n) is 4.33. The van der Waals surface area contributed by atoms with E-state index < -0.39 is 4.92 Å². The number of hydrogen-bond acceptors (Lipinski definition) is 6. The molecular weight excluding hydrogens is 389 g/mol. The molecule has 0 aliphatic heterocycles. The quantitative estimate of drug-likeness (QED) is 0.346. The van der Waals surface area contributed by atoms with Crippen molar-refractivity contribution >= 4 is 34.0 Å². The number of nitrogens with one attached hydrogen (secondary N) is 1. The van der Waals surface area contributed by atoms with E-state index in [0.29, 0.717) is 14.8 Å². The molecule has 0 spiro atoms. The third-order valence-corrected chi connectivity index (χ3v) is 4.17. The molecular formula is C12H12IN5O3. The summed E-state index contributed by atoms with van der Waals surface area (Å²) in [5.41, 5.74) is 3.59. The molecule has 2 aromatic rings. The molecule has 21 heavy (non-hydrogen) atoms. The molecule has 0 bridgehead atoms. The molecule has 9 heteroatoms. The molecule has 0 radical (unpaired) electrons. The van der Waals surface area contributed by atoms with Crippen molar-refractivity contribution in [1.29, 1.82) is 0 Å². The number of rotatable bonds is 4. The van der Waals surface area contributed by atoms with E-state index in [1.807, 2.05) is 22.6 Å². The fraction of sp³-hybridized carbons (Fsp3) is 0.167. The van der Waals surface area contributed by atoms with E-state index in [-0.39, 0.29) is 23.5 Å². The standard InChI is InChI=1S/C12H12IN5O3/c1-7-11(13)12(19)17(6-15-7)5-8-2-3-10(18(20)21)9(4-8)16-14/h2-4,6,16H,5,14H2,1H3. The Kier molecular flexibility index (Phi) is 4.53. The highest BCUT2D eigenvalue weighted by Crippen LogP contribution is 2.24. The van der Waals surface area contributed by atoms with Crippen LogP contribution in [0.2, 0.25) is 0 Å². The lowest BCUT2D eigenvalue weighted by Gasteiger charge is -2.09. The van der Waals surface area contributed by atoms with Gasteiger partial charge in [0, 0.05) is 6.07 Å². The van der Waals surface area contributed by atoms with E-state index in [4.69, 9.17) is 5.84 Å². The number of hydrazine groups is 1. The van der Waals surface area contributed by atoms with E-state index in [1.54, 1.807) is 13.0 Å². The molecule has 1 heterocycles. The number of aryl methyl sites for hydroxylation is 1. The number of nitro groups is 1. The van der Waals surface area contributed by atoms with Crippen molar-refractivity contribution in [3.63, 3.8) is 0 Å². The second kappa shape index (κ2) is 6.18. The summed E-state index contributed by atoms with van der Waals surface area (Å²) < 4.78 is 1.99. The lowest BCUT2D eigenvalue weighted by atomic mass is 10.1. The summed E-state index contributed by atoms with van der Waals surface area (Å²) in [7, 11) is 0. The van der Waals surface area contributed by atoms with Crippen LogP contribution < -0.4 is 16.8 Å². The van der Waals surface area contributed by atoms with Crippen molar-refractivity contribution in [3.8, 4) is 0 Å². The molecule has 0 fully saturated rings. The highest BCUT2D eigenvalue weighted by molar-refractivity contribution is 14.1. The average Bonchev–Trinajstić information content (AvgIpc) is 2.47. The van der Waals surface area contributed by atoms with Gasteiger partial charge in [0.1, 0.15) is 5.69 Å². The number of nitro benzene ring substituents is 1. The number of hydrogen-bond donors (Lipinski definition) is 2. The zero-order valence-electron chi connectivity index (χ0n) is 11.0. The number of halogens is 1. The minimum absolute atomic E-state index is 0.120. The van der Waals surface area contributed by atoms with Crippen molar-refractivity contribution in [3.05, 3.63) is 59.8 Å². The van der Waals surface area contributed by atoms with Gasteiger partial charge in [-0.25, -0.2) is 4.98 Å². The minimum atomic E-state index is -0.526. The number of aromatic nitrogens is 2. The maximum atomic E-state index is 12.1. The summed E-state index contributed by atoms with van der Waals surface area (Å²) in [6.07, 6.45) is 1.46. The molecule has 1 aromatic heterocycles. The molecule has 110 valence electrons. The predicted molar refractivity (Wildman–Crippen MR) is 86.0 cm³/mol. The van der Waals surface area contributed by atoms with Crippen LogP contribution in [0, 0.1) is 20.6 Å². The highest BCUT2D eigenvalue weighted by Gasteiger charge is 2.14. The summed E-state index contributed by atoms with van der Waals surface area (Å²) in [4.78, 5) is 26.5. The van der Waals surface area contributed by atoms with Crippen molar-refractivity contribution in [2.24, 2.45) is 5.84 Å². The van der Waals surface area contributed by atoms with Gasteiger partial charge in [-0.05, 0) is 41.1 Å². The van der Waals surface area contributed by atoms with Crippen LogP contribution in [0.5, 0.6) is 0 Å². The Morgan fingerprint density at radius 1 is 1.52 bits per heavy atom. The first-order valence-corrected chi connectivity index (χ1v) is 6.97. The van der Waals surface area contributed by atoms with Crippen LogP contribution in [0.1, 0.15) is 11.3 Å². The van der Waals surface area contributed by atoms with Crippen LogP contribution in [0.3, 0.4) is 0 Å². The first-order valence-electron chi connectivity index (χ1n) is 5.89. The van der Waals surface area contributed by atoms with Gasteiger partial charge in [0.15, 0.2) is 0 Å². The molecule has 2 rings (SSSR count). The third-order valence-electron chi connectivity index (χ3n) is 2.92. The number of anilines is 1. The Morgan fingerprint density at radius 3 is 2.86 bits per heavy atom. The number of nitrogens with zero attached hydrogens (tertiary/aromatic N) is 3. The van der Waals surface area contributed by atoms with Crippen molar-refractivity contribution in [2.45, 2.75) is 13.5 Å². The van der Waals surface area contributed by atoms with Gasteiger partial charge in [-0.1, -0.05) is 6.07 Å². The zero-order chi connectivity index (χ0) is 15.6. The first kappa shape index (κ1) is 15.4. The Bertz CT molecular complexity index is 759. The van der Waals surface area contributed by atoms with Gasteiger partial charge in [-0.3, -0.25) is 25.3 Å². The number of nitrogen functional groups attached to an aromatic ring is 1. The molecule has 8 nitrogen and oxygen atoms in total. The van der Waals surface area contributed by atoms with Gasteiger partial charge in [-0.2, -0.15) is 0 Å². The third kappa shape index (κ3) is 3.19. The summed E-state index contributed by atoms with van der Waals surface area (Å²) in [5, 5.41) is 10.8. The zero-order valence-corrected chi connectivity index (χ0v) is 13.2. The van der Waals surface area contributed by atoms with Crippen LogP contribution in [-0.4, -0.2) is 14.5 Å². The molecule has 0 saturated heterocycles. The van der Waals surface area contributed by atoms with Gasteiger partial charge in [0.2, 0.25) is 0 Å². The number of nitrogens with two attached hydrogens (primary N) is 1. The summed E-state index contributed by atoms with van der Waals surface area (Å²) in [6.45, 7) is 2.02. The maximum absolute atomic E-state index is 12.1. The summed E-state index contributed by atoms with van der Waals surface area (Å²) >= 11 is 1.95. The molecule has 3 N–H and O–H groups in total. The fourth-order valence-corrected chi connectivity index (χ4v) is 2.26. The average molecular weight is 401 g/mol. The molecule has 1 aromatic carbocycles. The minimum Gasteiger partial charge on any atom is -0.318 e. The van der Waals surface area contributed by atoms with Crippen LogP contribution in [-0.2, 0) is 6.54 Å². The van der Waals surface area contributed by atoms with E-state index in [2.05, 4.69) is 10.4 Å². The highest BCUT2D eigenvalue weighted by atomic mass is 127. The van der Waals surface area contributed by atoms with Gasteiger partial charge in [-0.15, -0.1) is 0 Å².